The van der Waals surface area contributed by atoms with E-state index in [1.54, 1.807) is 0 Å². The molecule has 0 atom stereocenters. The molecule has 2 rings (SSSR count). The van der Waals surface area contributed by atoms with E-state index in [4.69, 9.17) is 4.74 Å². The molecule has 0 bridgehead atoms. The second kappa shape index (κ2) is 5.79. The van der Waals surface area contributed by atoms with Gasteiger partial charge in [-0.2, -0.15) is 13.2 Å². The molecule has 0 fully saturated rings. The van der Waals surface area contributed by atoms with Gasteiger partial charge in [-0.05, 0) is 39.0 Å². The van der Waals surface area contributed by atoms with E-state index in [-0.39, 0.29) is 18.4 Å². The number of rotatable bonds is 4. The molecule has 1 heterocycles. The minimum atomic E-state index is -4.37. The molecular formula is C15H17F3N2O. The zero-order valence-electron chi connectivity index (χ0n) is 12.1. The molecule has 0 unspecified atom stereocenters. The van der Waals surface area contributed by atoms with Gasteiger partial charge in [0.05, 0.1) is 11.3 Å². The van der Waals surface area contributed by atoms with Crippen molar-refractivity contribution in [1.82, 2.24) is 9.55 Å². The number of aryl methyl sites for hydroxylation is 1. The van der Waals surface area contributed by atoms with Crippen LogP contribution in [-0.2, 0) is 12.8 Å². The van der Waals surface area contributed by atoms with Gasteiger partial charge in [-0.15, -0.1) is 0 Å². The third-order valence-corrected chi connectivity index (χ3v) is 3.02. The molecule has 0 aliphatic carbocycles. The Hall–Kier alpha value is -1.98. The van der Waals surface area contributed by atoms with Crippen molar-refractivity contribution < 1.29 is 17.9 Å². The molecule has 0 amide bonds. The highest BCUT2D eigenvalue weighted by molar-refractivity contribution is 5.30. The van der Waals surface area contributed by atoms with Crippen molar-refractivity contribution in [2.24, 2.45) is 0 Å². The van der Waals surface area contributed by atoms with Crippen LogP contribution in [0.2, 0.25) is 0 Å². The number of alkyl halides is 3. The van der Waals surface area contributed by atoms with Crippen LogP contribution in [0.5, 0.6) is 5.75 Å². The zero-order valence-corrected chi connectivity index (χ0v) is 12.1. The second-order valence-electron chi connectivity index (χ2n) is 5.11. The SMILES string of the molecule is Cc1cn(C(C)C)c(COc2cccc(C(F)(F)F)c2)n1. The summed E-state index contributed by atoms with van der Waals surface area (Å²) < 4.78 is 45.3. The van der Waals surface area contributed by atoms with Crippen molar-refractivity contribution in [1.29, 1.82) is 0 Å². The summed E-state index contributed by atoms with van der Waals surface area (Å²) in [5.41, 5.74) is 0.134. The monoisotopic (exact) mass is 298 g/mol. The lowest BCUT2D eigenvalue weighted by molar-refractivity contribution is -0.137. The van der Waals surface area contributed by atoms with Crippen LogP contribution in [0, 0.1) is 6.92 Å². The lowest BCUT2D eigenvalue weighted by atomic mass is 10.2. The molecule has 3 nitrogen and oxygen atoms in total. The highest BCUT2D eigenvalue weighted by Gasteiger charge is 2.30. The van der Waals surface area contributed by atoms with Crippen LogP contribution in [0.4, 0.5) is 13.2 Å². The Balaban J connectivity index is 2.14. The molecule has 1 aromatic carbocycles. The van der Waals surface area contributed by atoms with Crippen LogP contribution >= 0.6 is 0 Å². The summed E-state index contributed by atoms with van der Waals surface area (Å²) in [5.74, 6) is 0.876. The van der Waals surface area contributed by atoms with Gasteiger partial charge < -0.3 is 9.30 Å². The molecule has 0 saturated heterocycles. The predicted molar refractivity (Wildman–Crippen MR) is 73.1 cm³/mol. The van der Waals surface area contributed by atoms with Crippen LogP contribution in [0.25, 0.3) is 0 Å². The minimum absolute atomic E-state index is 0.132. The average molecular weight is 298 g/mol. The molecule has 6 heteroatoms. The van der Waals surface area contributed by atoms with Crippen molar-refractivity contribution in [2.75, 3.05) is 0 Å². The largest absolute Gasteiger partial charge is 0.486 e. The summed E-state index contributed by atoms with van der Waals surface area (Å²) in [6.07, 6.45) is -2.47. The fourth-order valence-electron chi connectivity index (χ4n) is 2.03. The van der Waals surface area contributed by atoms with E-state index in [1.807, 2.05) is 31.5 Å². The van der Waals surface area contributed by atoms with Crippen LogP contribution in [-0.4, -0.2) is 9.55 Å². The molecule has 0 aliphatic rings. The fraction of sp³-hybridized carbons (Fsp3) is 0.400. The molecule has 0 N–H and O–H groups in total. The van der Waals surface area contributed by atoms with Crippen LogP contribution < -0.4 is 4.74 Å². The van der Waals surface area contributed by atoms with E-state index < -0.39 is 11.7 Å². The summed E-state index contributed by atoms with van der Waals surface area (Å²) in [6.45, 7) is 6.02. The second-order valence-corrected chi connectivity index (χ2v) is 5.11. The van der Waals surface area contributed by atoms with Crippen molar-refractivity contribution >= 4 is 0 Å². The predicted octanol–water partition coefficient (Wildman–Crippen LogP) is 4.37. The third kappa shape index (κ3) is 3.77. The number of ether oxygens (including phenoxy) is 1. The summed E-state index contributed by atoms with van der Waals surface area (Å²) in [4.78, 5) is 4.33. The van der Waals surface area contributed by atoms with Gasteiger partial charge in [-0.3, -0.25) is 0 Å². The molecule has 114 valence electrons. The van der Waals surface area contributed by atoms with Gasteiger partial charge in [0.2, 0.25) is 0 Å². The number of imidazole rings is 1. The van der Waals surface area contributed by atoms with Crippen LogP contribution in [0.15, 0.2) is 30.5 Å². The topological polar surface area (TPSA) is 27.1 Å². The van der Waals surface area contributed by atoms with Gasteiger partial charge in [0.15, 0.2) is 0 Å². The fourth-order valence-corrected chi connectivity index (χ4v) is 2.03. The van der Waals surface area contributed by atoms with Gasteiger partial charge >= 0.3 is 6.18 Å². The van der Waals surface area contributed by atoms with E-state index in [0.717, 1.165) is 17.8 Å². The summed E-state index contributed by atoms with van der Waals surface area (Å²) in [5, 5.41) is 0. The first-order valence-electron chi connectivity index (χ1n) is 6.62. The van der Waals surface area contributed by atoms with Gasteiger partial charge in [0.25, 0.3) is 0 Å². The van der Waals surface area contributed by atoms with Crippen LogP contribution in [0.1, 0.15) is 37.0 Å². The Morgan fingerprint density at radius 2 is 2.00 bits per heavy atom. The number of halogens is 3. The number of benzene rings is 1. The lowest BCUT2D eigenvalue weighted by Gasteiger charge is -2.13. The van der Waals surface area contributed by atoms with Gasteiger partial charge in [-0.25, -0.2) is 4.98 Å². The van der Waals surface area contributed by atoms with Crippen molar-refractivity contribution in [3.05, 3.63) is 47.5 Å². The van der Waals surface area contributed by atoms with Gasteiger partial charge in [0.1, 0.15) is 18.2 Å². The lowest BCUT2D eigenvalue weighted by Crippen LogP contribution is -2.09. The quantitative estimate of drug-likeness (QED) is 0.838. The number of hydrogen-bond donors (Lipinski definition) is 0. The first-order chi connectivity index (χ1) is 9.77. The molecule has 0 saturated carbocycles. The van der Waals surface area contributed by atoms with Crippen molar-refractivity contribution in [3.63, 3.8) is 0 Å². The zero-order chi connectivity index (χ0) is 15.6. The maximum Gasteiger partial charge on any atom is 0.416 e. The van der Waals surface area contributed by atoms with Crippen molar-refractivity contribution in [3.8, 4) is 5.75 Å². The molecule has 21 heavy (non-hydrogen) atoms. The van der Waals surface area contributed by atoms with Gasteiger partial charge in [-0.1, -0.05) is 6.07 Å². The van der Waals surface area contributed by atoms with Crippen molar-refractivity contribution in [2.45, 2.75) is 39.6 Å². The molecule has 2 aromatic rings. The van der Waals surface area contributed by atoms with E-state index in [9.17, 15) is 13.2 Å². The Kier molecular flexibility index (Phi) is 4.25. The van der Waals surface area contributed by atoms with E-state index in [1.165, 1.54) is 12.1 Å². The van der Waals surface area contributed by atoms with Crippen LogP contribution in [0.3, 0.4) is 0 Å². The minimum Gasteiger partial charge on any atom is -0.486 e. The summed E-state index contributed by atoms with van der Waals surface area (Å²) >= 11 is 0. The maximum absolute atomic E-state index is 12.6. The first-order valence-corrected chi connectivity index (χ1v) is 6.62. The highest BCUT2D eigenvalue weighted by atomic mass is 19.4. The maximum atomic E-state index is 12.6. The molecule has 0 spiro atoms. The third-order valence-electron chi connectivity index (χ3n) is 3.02. The molecule has 1 aromatic heterocycles. The Morgan fingerprint density at radius 1 is 1.29 bits per heavy atom. The molecule has 0 aliphatic heterocycles. The Labute approximate surface area is 121 Å². The Bertz CT molecular complexity index is 618. The number of nitrogens with zero attached hydrogens (tertiary/aromatic N) is 2. The summed E-state index contributed by atoms with van der Waals surface area (Å²) in [6, 6.07) is 5.07. The standard InChI is InChI=1S/C15H17F3N2O/c1-10(2)20-8-11(3)19-14(20)9-21-13-6-4-5-12(7-13)15(16,17)18/h4-8,10H,9H2,1-3H3. The van der Waals surface area contributed by atoms with E-state index >= 15 is 0 Å². The molecular weight excluding hydrogens is 281 g/mol. The average Bonchev–Trinajstić information content (AvgIpc) is 2.77. The van der Waals surface area contributed by atoms with Gasteiger partial charge in [0, 0.05) is 12.2 Å². The smallest absolute Gasteiger partial charge is 0.416 e. The van der Waals surface area contributed by atoms with E-state index in [2.05, 4.69) is 4.98 Å². The van der Waals surface area contributed by atoms with E-state index in [0.29, 0.717) is 5.82 Å². The normalized spacial score (nSPS) is 12.0. The first kappa shape index (κ1) is 15.4. The number of hydrogen-bond acceptors (Lipinski definition) is 2. The highest BCUT2D eigenvalue weighted by Crippen LogP contribution is 2.31. The molecule has 0 radical (unpaired) electrons. The number of aromatic nitrogens is 2. The summed E-state index contributed by atoms with van der Waals surface area (Å²) in [7, 11) is 0. The Morgan fingerprint density at radius 3 is 2.62 bits per heavy atom.